The maximum atomic E-state index is 12.1. The molecule has 2 atom stereocenters. The zero-order valence-corrected chi connectivity index (χ0v) is 23.2. The summed E-state index contributed by atoms with van der Waals surface area (Å²) in [6.07, 6.45) is 1.80. The van der Waals surface area contributed by atoms with E-state index in [0.29, 0.717) is 5.11 Å². The third kappa shape index (κ3) is 5.23. The first-order chi connectivity index (χ1) is 18.9. The second kappa shape index (κ2) is 11.3. The molecule has 8 nitrogen and oxygen atoms in total. The molecule has 0 unspecified atom stereocenters. The summed E-state index contributed by atoms with van der Waals surface area (Å²) in [6.45, 7) is 4.06. The number of ether oxygens (including phenoxy) is 2. The van der Waals surface area contributed by atoms with Crippen molar-refractivity contribution in [3.05, 3.63) is 102 Å². The van der Waals surface area contributed by atoms with Crippen molar-refractivity contribution in [3.8, 4) is 11.4 Å². The molecule has 0 aliphatic carbocycles. The monoisotopic (exact) mass is 541 g/mol. The van der Waals surface area contributed by atoms with Crippen LogP contribution in [0.3, 0.4) is 0 Å². The third-order valence-corrected chi connectivity index (χ3v) is 7.19. The number of rotatable bonds is 8. The number of nitrogens with zero attached hydrogens (tertiary/aromatic N) is 3. The van der Waals surface area contributed by atoms with Crippen molar-refractivity contribution in [3.63, 3.8) is 0 Å². The molecule has 9 heteroatoms. The van der Waals surface area contributed by atoms with Crippen LogP contribution in [0.1, 0.15) is 34.7 Å². The second-order valence-electron chi connectivity index (χ2n) is 9.41. The summed E-state index contributed by atoms with van der Waals surface area (Å²) in [5, 5.41) is 7.04. The summed E-state index contributed by atoms with van der Waals surface area (Å²) in [7, 11) is 3.16. The fourth-order valence-corrected chi connectivity index (χ4v) is 5.41. The highest BCUT2D eigenvalue weighted by Gasteiger charge is 2.42. The number of carbonyl (C=O) groups excluding carboxylic acids is 1. The van der Waals surface area contributed by atoms with E-state index in [1.165, 1.54) is 7.11 Å². The Labute approximate surface area is 233 Å². The molecule has 4 aromatic rings. The molecule has 1 aliphatic rings. The van der Waals surface area contributed by atoms with Crippen LogP contribution in [-0.2, 0) is 9.53 Å². The van der Waals surface area contributed by atoms with E-state index in [0.717, 1.165) is 45.5 Å². The van der Waals surface area contributed by atoms with Crippen LogP contribution in [0.15, 0.2) is 79.0 Å². The van der Waals surface area contributed by atoms with Gasteiger partial charge in [0.15, 0.2) is 5.11 Å². The zero-order valence-electron chi connectivity index (χ0n) is 22.3. The van der Waals surface area contributed by atoms with E-state index in [2.05, 4.69) is 56.3 Å². The SMILES string of the molecule is COCC(=O)Nc1ccc(N2C(=S)N[C@H](c3ccccn3)[C@@H]2c2ccc(C)n2-c2ccc(OC)cc2)cc1C. The molecule has 2 aromatic carbocycles. The molecule has 2 N–H and O–H groups in total. The topological polar surface area (TPSA) is 80.7 Å². The molecule has 200 valence electrons. The number of nitrogens with one attached hydrogen (secondary N) is 2. The van der Waals surface area contributed by atoms with E-state index in [4.69, 9.17) is 21.7 Å². The Morgan fingerprint density at radius 1 is 1.03 bits per heavy atom. The van der Waals surface area contributed by atoms with Gasteiger partial charge in [-0.15, -0.1) is 0 Å². The number of aromatic nitrogens is 2. The molecule has 2 aromatic heterocycles. The summed E-state index contributed by atoms with van der Waals surface area (Å²) in [5.74, 6) is 0.600. The Bertz CT molecular complexity index is 1490. The lowest BCUT2D eigenvalue weighted by molar-refractivity contribution is -0.119. The zero-order chi connectivity index (χ0) is 27.5. The number of thiocarbonyl (C=S) groups is 1. The summed E-state index contributed by atoms with van der Waals surface area (Å²) in [6, 6.07) is 23.7. The number of methoxy groups -OCH3 is 2. The average Bonchev–Trinajstić information content (AvgIpc) is 3.49. The van der Waals surface area contributed by atoms with Gasteiger partial charge in [-0.2, -0.15) is 0 Å². The third-order valence-electron chi connectivity index (χ3n) is 6.88. The van der Waals surface area contributed by atoms with Crippen molar-refractivity contribution < 1.29 is 14.3 Å². The molecule has 1 saturated heterocycles. The van der Waals surface area contributed by atoms with Crippen molar-refractivity contribution in [2.45, 2.75) is 25.9 Å². The van der Waals surface area contributed by atoms with Gasteiger partial charge in [0, 0.05) is 41.8 Å². The van der Waals surface area contributed by atoms with Gasteiger partial charge in [0.25, 0.3) is 0 Å². The summed E-state index contributed by atoms with van der Waals surface area (Å²) >= 11 is 5.93. The van der Waals surface area contributed by atoms with Crippen LogP contribution in [0.2, 0.25) is 0 Å². The van der Waals surface area contributed by atoms with Crippen molar-refractivity contribution in [2.24, 2.45) is 0 Å². The van der Waals surface area contributed by atoms with E-state index in [-0.39, 0.29) is 24.6 Å². The van der Waals surface area contributed by atoms with E-state index < -0.39 is 0 Å². The highest BCUT2D eigenvalue weighted by atomic mass is 32.1. The summed E-state index contributed by atoms with van der Waals surface area (Å²) < 4.78 is 12.6. The second-order valence-corrected chi connectivity index (χ2v) is 9.80. The Balaban J connectivity index is 1.61. The van der Waals surface area contributed by atoms with Gasteiger partial charge >= 0.3 is 0 Å². The van der Waals surface area contributed by atoms with E-state index in [1.807, 2.05) is 55.5 Å². The number of hydrogen-bond acceptors (Lipinski definition) is 5. The number of benzene rings is 2. The largest absolute Gasteiger partial charge is 0.497 e. The van der Waals surface area contributed by atoms with E-state index in [9.17, 15) is 4.79 Å². The fraction of sp³-hybridized carbons (Fsp3) is 0.233. The molecule has 3 heterocycles. The highest BCUT2D eigenvalue weighted by Crippen LogP contribution is 2.43. The first-order valence-corrected chi connectivity index (χ1v) is 13.0. The number of hydrogen-bond donors (Lipinski definition) is 2. The normalized spacial score (nSPS) is 16.7. The van der Waals surface area contributed by atoms with Crippen molar-refractivity contribution in [1.82, 2.24) is 14.9 Å². The number of carbonyl (C=O) groups is 1. The average molecular weight is 542 g/mol. The number of amides is 1. The number of aryl methyl sites for hydroxylation is 2. The van der Waals surface area contributed by atoms with Gasteiger partial charge in [-0.05, 0) is 98.4 Å². The molecule has 5 rings (SSSR count). The van der Waals surface area contributed by atoms with Gasteiger partial charge in [0.2, 0.25) is 5.91 Å². The van der Waals surface area contributed by atoms with Crippen LogP contribution in [0.5, 0.6) is 5.75 Å². The van der Waals surface area contributed by atoms with Crippen LogP contribution in [0, 0.1) is 13.8 Å². The molecule has 0 saturated carbocycles. The molecular weight excluding hydrogens is 510 g/mol. The van der Waals surface area contributed by atoms with Crippen LogP contribution < -0.4 is 20.3 Å². The van der Waals surface area contributed by atoms with Crippen LogP contribution in [0.25, 0.3) is 5.69 Å². The predicted octanol–water partition coefficient (Wildman–Crippen LogP) is 5.26. The Morgan fingerprint density at radius 2 is 1.79 bits per heavy atom. The smallest absolute Gasteiger partial charge is 0.250 e. The van der Waals surface area contributed by atoms with Crippen LogP contribution in [-0.4, -0.2) is 41.4 Å². The van der Waals surface area contributed by atoms with Gasteiger partial charge in [-0.3, -0.25) is 9.78 Å². The molecule has 1 fully saturated rings. The van der Waals surface area contributed by atoms with Crippen molar-refractivity contribution in [1.29, 1.82) is 0 Å². The first-order valence-electron chi connectivity index (χ1n) is 12.6. The molecule has 0 radical (unpaired) electrons. The Hall–Kier alpha value is -4.21. The van der Waals surface area contributed by atoms with Crippen molar-refractivity contribution >= 4 is 34.6 Å². The standard InChI is InChI=1S/C30H31N5O3S/c1-19-17-22(11-14-24(19)32-27(36)18-37-3)35-29(28(33-30(35)39)25-7-5-6-16-31-25)26-15-8-20(2)34(26)21-9-12-23(38-4)13-10-21/h5-17,28-29H,18H2,1-4H3,(H,32,36)(H,33,39)/t28-,29+/m1/s1. The predicted molar refractivity (Wildman–Crippen MR) is 157 cm³/mol. The molecular formula is C30H31N5O3S. The molecule has 39 heavy (non-hydrogen) atoms. The van der Waals surface area contributed by atoms with Crippen LogP contribution >= 0.6 is 12.2 Å². The van der Waals surface area contributed by atoms with E-state index >= 15 is 0 Å². The minimum atomic E-state index is -0.201. The van der Waals surface area contributed by atoms with Gasteiger partial charge in [0.1, 0.15) is 18.4 Å². The Morgan fingerprint density at radius 3 is 2.46 bits per heavy atom. The summed E-state index contributed by atoms with van der Waals surface area (Å²) in [4.78, 5) is 18.9. The maximum Gasteiger partial charge on any atom is 0.250 e. The number of anilines is 2. The van der Waals surface area contributed by atoms with Gasteiger partial charge in [-0.25, -0.2) is 0 Å². The van der Waals surface area contributed by atoms with Crippen molar-refractivity contribution in [2.75, 3.05) is 31.0 Å². The lowest BCUT2D eigenvalue weighted by atomic mass is 10.00. The highest BCUT2D eigenvalue weighted by molar-refractivity contribution is 7.80. The number of pyridine rings is 1. The lowest BCUT2D eigenvalue weighted by Crippen LogP contribution is -2.30. The minimum Gasteiger partial charge on any atom is -0.497 e. The lowest BCUT2D eigenvalue weighted by Gasteiger charge is -2.30. The van der Waals surface area contributed by atoms with Gasteiger partial charge < -0.3 is 29.6 Å². The maximum absolute atomic E-state index is 12.1. The first kappa shape index (κ1) is 26.4. The van der Waals surface area contributed by atoms with Gasteiger partial charge in [-0.1, -0.05) is 6.07 Å². The Kier molecular flexibility index (Phi) is 7.63. The molecule has 1 amide bonds. The fourth-order valence-electron chi connectivity index (χ4n) is 5.06. The summed E-state index contributed by atoms with van der Waals surface area (Å²) in [5.41, 5.74) is 6.65. The van der Waals surface area contributed by atoms with E-state index in [1.54, 1.807) is 13.3 Å². The quantitative estimate of drug-likeness (QED) is 0.295. The minimum absolute atomic E-state index is 0.00312. The molecule has 0 spiro atoms. The van der Waals surface area contributed by atoms with Crippen LogP contribution in [0.4, 0.5) is 11.4 Å². The molecule has 0 bridgehead atoms. The molecule has 1 aliphatic heterocycles. The van der Waals surface area contributed by atoms with Gasteiger partial charge in [0.05, 0.1) is 18.8 Å².